The highest BCUT2D eigenvalue weighted by molar-refractivity contribution is 5.14. The molecular weight excluding hydrogens is 152 g/mol. The van der Waals surface area contributed by atoms with Gasteiger partial charge in [-0.05, 0) is 12.0 Å². The number of benzene rings is 1. The van der Waals surface area contributed by atoms with Crippen LogP contribution in [0.2, 0.25) is 0 Å². The summed E-state index contributed by atoms with van der Waals surface area (Å²) in [7, 11) is 0. The smallest absolute Gasteiger partial charge is 0.121 e. The van der Waals surface area contributed by atoms with Crippen molar-refractivity contribution in [1.29, 1.82) is 0 Å². The highest BCUT2D eigenvalue weighted by Crippen LogP contribution is 2.00. The van der Waals surface area contributed by atoms with Gasteiger partial charge in [-0.3, -0.25) is 0 Å². The van der Waals surface area contributed by atoms with Gasteiger partial charge < -0.3 is 0 Å². The van der Waals surface area contributed by atoms with Crippen LogP contribution in [-0.2, 0) is 6.42 Å². The van der Waals surface area contributed by atoms with Gasteiger partial charge >= 0.3 is 0 Å². The first-order chi connectivity index (χ1) is 5.83. The van der Waals surface area contributed by atoms with Crippen molar-refractivity contribution in [3.05, 3.63) is 47.4 Å². The van der Waals surface area contributed by atoms with Gasteiger partial charge in [0.15, 0.2) is 0 Å². The third-order valence-corrected chi connectivity index (χ3v) is 1.56. The normalized spacial score (nSPS) is 9.00. The van der Waals surface area contributed by atoms with Gasteiger partial charge in [-0.25, -0.2) is 5.21 Å². The van der Waals surface area contributed by atoms with Crippen molar-refractivity contribution < 1.29 is 5.21 Å². The minimum absolute atomic E-state index is 0.355. The molecular formula is C9H10N2O. The van der Waals surface area contributed by atoms with E-state index < -0.39 is 0 Å². The second-order valence-electron chi connectivity index (χ2n) is 2.43. The highest BCUT2D eigenvalue weighted by Gasteiger charge is 1.99. The molecule has 0 unspecified atom stereocenters. The first-order valence-corrected chi connectivity index (χ1v) is 3.70. The summed E-state index contributed by atoms with van der Waals surface area (Å²) in [6.07, 6.45) is 0.694. The highest BCUT2D eigenvalue weighted by atomic mass is 16.5. The molecule has 0 heterocycles. The number of rotatable bonds is 3. The van der Waals surface area contributed by atoms with Crippen LogP contribution >= 0.6 is 0 Å². The van der Waals surface area contributed by atoms with Crippen molar-refractivity contribution in [3.8, 4) is 0 Å². The number of hydroxylamine groups is 1. The van der Waals surface area contributed by atoms with Gasteiger partial charge in [0.25, 0.3) is 0 Å². The molecule has 0 saturated heterocycles. The topological polar surface area (TPSA) is 27.8 Å². The molecule has 0 aliphatic rings. The fraction of sp³-hybridized carbons (Fsp3) is 0.222. The Morgan fingerprint density at radius 2 is 2.00 bits per heavy atom. The Kier molecular flexibility index (Phi) is 3.12. The van der Waals surface area contributed by atoms with E-state index in [1.807, 2.05) is 30.3 Å². The van der Waals surface area contributed by atoms with Crippen LogP contribution in [0.4, 0.5) is 0 Å². The van der Waals surface area contributed by atoms with Crippen LogP contribution in [0.5, 0.6) is 0 Å². The number of nitrogens with zero attached hydrogens (tertiary/aromatic N) is 2. The molecule has 0 aliphatic carbocycles. The quantitative estimate of drug-likeness (QED) is 0.541. The maximum absolute atomic E-state index is 8.80. The van der Waals surface area contributed by atoms with E-state index in [9.17, 15) is 0 Å². The van der Waals surface area contributed by atoms with E-state index in [0.717, 1.165) is 5.56 Å². The van der Waals surface area contributed by atoms with Gasteiger partial charge in [-0.2, -0.15) is 6.57 Å². The molecule has 0 aromatic heterocycles. The lowest BCUT2D eigenvalue weighted by atomic mass is 10.2. The van der Waals surface area contributed by atoms with E-state index in [1.54, 1.807) is 0 Å². The van der Waals surface area contributed by atoms with Gasteiger partial charge in [0, 0.05) is 5.17 Å². The Hall–Kier alpha value is -1.53. The van der Waals surface area contributed by atoms with Crippen molar-refractivity contribution in [3.63, 3.8) is 0 Å². The SMILES string of the molecule is [C-]#[N+]N(O)CCc1ccccc1. The van der Waals surface area contributed by atoms with E-state index in [1.165, 1.54) is 0 Å². The molecule has 12 heavy (non-hydrogen) atoms. The van der Waals surface area contributed by atoms with E-state index in [4.69, 9.17) is 11.8 Å². The predicted molar refractivity (Wildman–Crippen MR) is 45.2 cm³/mol. The molecule has 1 N–H and O–H groups in total. The second-order valence-corrected chi connectivity index (χ2v) is 2.43. The Morgan fingerprint density at radius 1 is 1.33 bits per heavy atom. The second kappa shape index (κ2) is 4.37. The van der Waals surface area contributed by atoms with Crippen molar-refractivity contribution in [2.45, 2.75) is 6.42 Å². The Bertz CT molecular complexity index is 266. The molecule has 1 aromatic rings. The van der Waals surface area contributed by atoms with E-state index in [0.29, 0.717) is 18.1 Å². The molecule has 0 fully saturated rings. The Labute approximate surface area is 71.6 Å². The minimum Gasteiger partial charge on any atom is -0.230 e. The van der Waals surface area contributed by atoms with Crippen LogP contribution in [0.3, 0.4) is 0 Å². The number of hydrogen-bond donors (Lipinski definition) is 1. The summed E-state index contributed by atoms with van der Waals surface area (Å²) in [6, 6.07) is 9.76. The van der Waals surface area contributed by atoms with E-state index in [2.05, 4.69) is 4.95 Å². The molecule has 0 spiro atoms. The van der Waals surface area contributed by atoms with Crippen LogP contribution in [0.1, 0.15) is 5.56 Å². The molecule has 1 aromatic carbocycles. The zero-order valence-electron chi connectivity index (χ0n) is 6.64. The molecule has 0 saturated carbocycles. The summed E-state index contributed by atoms with van der Waals surface area (Å²) in [4.78, 5) is 2.84. The first kappa shape index (κ1) is 8.57. The van der Waals surface area contributed by atoms with Crippen LogP contribution in [0.25, 0.3) is 4.95 Å². The molecule has 3 heteroatoms. The van der Waals surface area contributed by atoms with Crippen LogP contribution in [0, 0.1) is 6.57 Å². The van der Waals surface area contributed by atoms with Crippen molar-refractivity contribution in [2.75, 3.05) is 6.54 Å². The standard InChI is InChI=1S/C9H10N2O/c1-10-11(12)8-7-9-5-3-2-4-6-9/h2-6,12H,7-8H2. The molecule has 0 aliphatic heterocycles. The van der Waals surface area contributed by atoms with Gasteiger partial charge in [0.1, 0.15) is 6.54 Å². The van der Waals surface area contributed by atoms with Gasteiger partial charge in [0.05, 0.1) is 0 Å². The van der Waals surface area contributed by atoms with Crippen molar-refractivity contribution in [2.24, 2.45) is 0 Å². The molecule has 0 amide bonds. The monoisotopic (exact) mass is 162 g/mol. The lowest BCUT2D eigenvalue weighted by molar-refractivity contribution is -0.0428. The molecule has 0 bridgehead atoms. The third-order valence-electron chi connectivity index (χ3n) is 1.56. The van der Waals surface area contributed by atoms with Crippen molar-refractivity contribution in [1.82, 2.24) is 5.17 Å². The summed E-state index contributed by atoms with van der Waals surface area (Å²) < 4.78 is 0. The molecule has 62 valence electrons. The van der Waals surface area contributed by atoms with Crippen LogP contribution < -0.4 is 0 Å². The van der Waals surface area contributed by atoms with E-state index in [-0.39, 0.29) is 0 Å². The fourth-order valence-corrected chi connectivity index (χ4v) is 0.924. The first-order valence-electron chi connectivity index (χ1n) is 3.70. The summed E-state index contributed by atoms with van der Waals surface area (Å²) in [5, 5.41) is 9.42. The molecule has 0 atom stereocenters. The minimum atomic E-state index is 0.355. The average molecular weight is 162 g/mol. The maximum Gasteiger partial charge on any atom is 0.121 e. The fourth-order valence-electron chi connectivity index (χ4n) is 0.924. The molecule has 0 radical (unpaired) electrons. The molecule has 1 rings (SSSR count). The number of hydrogen-bond acceptors (Lipinski definition) is 2. The third kappa shape index (κ3) is 2.60. The van der Waals surface area contributed by atoms with Crippen LogP contribution in [-0.4, -0.2) is 16.9 Å². The Balaban J connectivity index is 2.40. The lowest BCUT2D eigenvalue weighted by Crippen LogP contribution is -2.12. The maximum atomic E-state index is 8.80. The van der Waals surface area contributed by atoms with E-state index >= 15 is 0 Å². The predicted octanol–water partition coefficient (Wildman–Crippen LogP) is 1.75. The largest absolute Gasteiger partial charge is 0.230 e. The van der Waals surface area contributed by atoms with Crippen LogP contribution in [0.15, 0.2) is 30.3 Å². The van der Waals surface area contributed by atoms with Gasteiger partial charge in [-0.15, -0.1) is 4.95 Å². The summed E-state index contributed by atoms with van der Waals surface area (Å²) in [5.41, 5.74) is 1.13. The van der Waals surface area contributed by atoms with Crippen molar-refractivity contribution >= 4 is 0 Å². The zero-order valence-corrected chi connectivity index (χ0v) is 6.64. The average Bonchev–Trinajstić information content (AvgIpc) is 2.16. The molecule has 3 nitrogen and oxygen atoms in total. The van der Waals surface area contributed by atoms with Gasteiger partial charge in [0.2, 0.25) is 0 Å². The zero-order chi connectivity index (χ0) is 8.81. The lowest BCUT2D eigenvalue weighted by Gasteiger charge is -2.00. The Morgan fingerprint density at radius 3 is 2.58 bits per heavy atom. The summed E-state index contributed by atoms with van der Waals surface area (Å²) >= 11 is 0. The summed E-state index contributed by atoms with van der Waals surface area (Å²) in [6.45, 7) is 6.83. The van der Waals surface area contributed by atoms with Gasteiger partial charge in [-0.1, -0.05) is 30.3 Å². The summed E-state index contributed by atoms with van der Waals surface area (Å²) in [5.74, 6) is 0.